The van der Waals surface area contributed by atoms with Crippen molar-refractivity contribution in [2.75, 3.05) is 5.75 Å². The van der Waals surface area contributed by atoms with Gasteiger partial charge in [-0.2, -0.15) is 0 Å². The smallest absolute Gasteiger partial charge is 0.122 e. The molecule has 0 amide bonds. The largest absolute Gasteiger partial charge is 0.149 e. The minimum atomic E-state index is 0.947. The predicted octanol–water partition coefficient (Wildman–Crippen LogP) is 3.87. The van der Waals surface area contributed by atoms with Crippen molar-refractivity contribution in [3.05, 3.63) is 41.5 Å². The summed E-state index contributed by atoms with van der Waals surface area (Å²) in [4.78, 5) is 0. The van der Waals surface area contributed by atoms with Gasteiger partial charge in [-0.15, -0.1) is 22.0 Å². The van der Waals surface area contributed by atoms with Gasteiger partial charge in [0.1, 0.15) is 5.03 Å². The maximum atomic E-state index is 4.29. The van der Waals surface area contributed by atoms with E-state index >= 15 is 0 Å². The lowest BCUT2D eigenvalue weighted by Crippen LogP contribution is -1.93. The molecule has 1 aromatic heterocycles. The first kappa shape index (κ1) is 12.1. The number of benzene rings is 1. The van der Waals surface area contributed by atoms with E-state index in [-0.39, 0.29) is 0 Å². The fourth-order valence-electron chi connectivity index (χ4n) is 1.62. The molecule has 0 unspecified atom stereocenters. The Bertz CT molecular complexity index is 506. The fourth-order valence-corrected chi connectivity index (χ4v) is 2.28. The highest BCUT2D eigenvalue weighted by Crippen LogP contribution is 2.23. The van der Waals surface area contributed by atoms with Crippen LogP contribution in [0.1, 0.15) is 18.1 Å². The van der Waals surface area contributed by atoms with Crippen LogP contribution in [0.25, 0.3) is 11.3 Å². The van der Waals surface area contributed by atoms with Gasteiger partial charge in [-0.1, -0.05) is 36.8 Å². The van der Waals surface area contributed by atoms with Crippen molar-refractivity contribution in [3.8, 4) is 11.3 Å². The zero-order valence-electron chi connectivity index (χ0n) is 10.4. The van der Waals surface area contributed by atoms with E-state index in [1.165, 1.54) is 11.1 Å². The second kappa shape index (κ2) is 5.32. The second-order valence-corrected chi connectivity index (χ2v) is 5.27. The highest BCUT2D eigenvalue weighted by atomic mass is 32.2. The van der Waals surface area contributed by atoms with E-state index in [9.17, 15) is 0 Å². The Hall–Kier alpha value is -1.35. The van der Waals surface area contributed by atoms with Gasteiger partial charge in [0.15, 0.2) is 0 Å². The van der Waals surface area contributed by atoms with E-state index in [1.807, 2.05) is 0 Å². The van der Waals surface area contributed by atoms with Crippen molar-refractivity contribution in [2.45, 2.75) is 25.8 Å². The standard InChI is InChI=1S/C14H16N2S/c1-4-17-14-11(3)9-13(15-16-14)12-7-5-10(2)6-8-12/h5-9H,4H2,1-3H3. The van der Waals surface area contributed by atoms with Crippen LogP contribution in [-0.2, 0) is 0 Å². The normalized spacial score (nSPS) is 10.5. The number of thioether (sulfide) groups is 1. The molecule has 0 fully saturated rings. The average Bonchev–Trinajstić information content (AvgIpc) is 2.33. The van der Waals surface area contributed by atoms with Crippen molar-refractivity contribution in [1.82, 2.24) is 10.2 Å². The highest BCUT2D eigenvalue weighted by molar-refractivity contribution is 7.99. The first-order chi connectivity index (χ1) is 8.20. The maximum Gasteiger partial charge on any atom is 0.122 e. The van der Waals surface area contributed by atoms with Crippen LogP contribution in [-0.4, -0.2) is 16.0 Å². The van der Waals surface area contributed by atoms with Crippen LogP contribution in [0.5, 0.6) is 0 Å². The molecule has 0 saturated heterocycles. The van der Waals surface area contributed by atoms with Crippen molar-refractivity contribution >= 4 is 11.8 Å². The summed E-state index contributed by atoms with van der Waals surface area (Å²) in [6.07, 6.45) is 0. The number of aryl methyl sites for hydroxylation is 2. The first-order valence-corrected chi connectivity index (χ1v) is 6.73. The summed E-state index contributed by atoms with van der Waals surface area (Å²) >= 11 is 1.73. The Morgan fingerprint density at radius 2 is 1.76 bits per heavy atom. The molecule has 88 valence electrons. The van der Waals surface area contributed by atoms with Gasteiger partial charge in [0.25, 0.3) is 0 Å². The molecule has 1 aromatic carbocycles. The van der Waals surface area contributed by atoms with Gasteiger partial charge in [-0.3, -0.25) is 0 Å². The zero-order valence-corrected chi connectivity index (χ0v) is 11.2. The number of rotatable bonds is 3. The molecule has 0 saturated carbocycles. The zero-order chi connectivity index (χ0) is 12.3. The summed E-state index contributed by atoms with van der Waals surface area (Å²) < 4.78 is 0. The maximum absolute atomic E-state index is 4.29. The SMILES string of the molecule is CCSc1nnc(-c2ccc(C)cc2)cc1C. The lowest BCUT2D eigenvalue weighted by molar-refractivity contribution is 0.913. The third kappa shape index (κ3) is 2.86. The molecule has 0 aliphatic carbocycles. The lowest BCUT2D eigenvalue weighted by atomic mass is 10.1. The third-order valence-corrected chi connectivity index (χ3v) is 3.53. The molecular formula is C14H16N2S. The van der Waals surface area contributed by atoms with E-state index in [0.29, 0.717) is 0 Å². The lowest BCUT2D eigenvalue weighted by Gasteiger charge is -2.05. The van der Waals surface area contributed by atoms with Gasteiger partial charge in [-0.25, -0.2) is 0 Å². The molecule has 17 heavy (non-hydrogen) atoms. The molecule has 0 atom stereocenters. The quantitative estimate of drug-likeness (QED) is 0.766. The monoisotopic (exact) mass is 244 g/mol. The van der Waals surface area contributed by atoms with Crippen LogP contribution in [0.3, 0.4) is 0 Å². The van der Waals surface area contributed by atoms with Crippen LogP contribution in [0, 0.1) is 13.8 Å². The van der Waals surface area contributed by atoms with Crippen LogP contribution in [0.15, 0.2) is 35.4 Å². The molecule has 2 aromatic rings. The number of hydrogen-bond donors (Lipinski definition) is 0. The molecule has 2 nitrogen and oxygen atoms in total. The van der Waals surface area contributed by atoms with Gasteiger partial charge < -0.3 is 0 Å². The Morgan fingerprint density at radius 3 is 2.35 bits per heavy atom. The minimum Gasteiger partial charge on any atom is -0.149 e. The van der Waals surface area contributed by atoms with Crippen molar-refractivity contribution in [3.63, 3.8) is 0 Å². The summed E-state index contributed by atoms with van der Waals surface area (Å²) in [7, 11) is 0. The first-order valence-electron chi connectivity index (χ1n) is 5.75. The molecule has 2 rings (SSSR count). The molecule has 0 aliphatic heterocycles. The average molecular weight is 244 g/mol. The number of hydrogen-bond acceptors (Lipinski definition) is 3. The summed E-state index contributed by atoms with van der Waals surface area (Å²) in [5, 5.41) is 9.60. The Labute approximate surface area is 106 Å². The number of nitrogens with zero attached hydrogens (tertiary/aromatic N) is 2. The van der Waals surface area contributed by atoms with Gasteiger partial charge in [0.2, 0.25) is 0 Å². The van der Waals surface area contributed by atoms with E-state index in [0.717, 1.165) is 22.0 Å². The molecule has 0 spiro atoms. The molecule has 0 radical (unpaired) electrons. The second-order valence-electron chi connectivity index (χ2n) is 4.02. The van der Waals surface area contributed by atoms with E-state index in [4.69, 9.17) is 0 Å². The van der Waals surface area contributed by atoms with Gasteiger partial charge in [0.05, 0.1) is 5.69 Å². The summed E-state index contributed by atoms with van der Waals surface area (Å²) in [5.74, 6) is 1.03. The highest BCUT2D eigenvalue weighted by Gasteiger charge is 2.05. The number of aromatic nitrogens is 2. The Kier molecular flexibility index (Phi) is 3.79. The van der Waals surface area contributed by atoms with Crippen molar-refractivity contribution in [1.29, 1.82) is 0 Å². The van der Waals surface area contributed by atoms with Gasteiger partial charge in [0, 0.05) is 5.56 Å². The molecule has 0 N–H and O–H groups in total. The van der Waals surface area contributed by atoms with Crippen LogP contribution < -0.4 is 0 Å². The third-order valence-electron chi connectivity index (χ3n) is 2.57. The molecular weight excluding hydrogens is 228 g/mol. The predicted molar refractivity (Wildman–Crippen MR) is 73.3 cm³/mol. The summed E-state index contributed by atoms with van der Waals surface area (Å²) in [6, 6.07) is 10.5. The van der Waals surface area contributed by atoms with Crippen LogP contribution in [0.4, 0.5) is 0 Å². The summed E-state index contributed by atoms with van der Waals surface area (Å²) in [6.45, 7) is 6.30. The van der Waals surface area contributed by atoms with E-state index < -0.39 is 0 Å². The van der Waals surface area contributed by atoms with E-state index in [2.05, 4.69) is 61.3 Å². The van der Waals surface area contributed by atoms with Crippen LogP contribution >= 0.6 is 11.8 Å². The fraction of sp³-hybridized carbons (Fsp3) is 0.286. The van der Waals surface area contributed by atoms with Crippen molar-refractivity contribution < 1.29 is 0 Å². The minimum absolute atomic E-state index is 0.947. The van der Waals surface area contributed by atoms with Gasteiger partial charge in [-0.05, 0) is 31.2 Å². The summed E-state index contributed by atoms with van der Waals surface area (Å²) in [5.41, 5.74) is 4.53. The topological polar surface area (TPSA) is 25.8 Å². The Morgan fingerprint density at radius 1 is 1.06 bits per heavy atom. The van der Waals surface area contributed by atoms with Gasteiger partial charge >= 0.3 is 0 Å². The van der Waals surface area contributed by atoms with E-state index in [1.54, 1.807) is 11.8 Å². The Balaban J connectivity index is 2.34. The van der Waals surface area contributed by atoms with Crippen molar-refractivity contribution in [2.24, 2.45) is 0 Å². The molecule has 1 heterocycles. The van der Waals surface area contributed by atoms with Crippen LogP contribution in [0.2, 0.25) is 0 Å². The molecule has 0 bridgehead atoms. The molecule has 0 aliphatic rings. The molecule has 3 heteroatoms.